The lowest BCUT2D eigenvalue weighted by atomic mass is 10.1. The second-order valence-corrected chi connectivity index (χ2v) is 6.62. The fourth-order valence-corrected chi connectivity index (χ4v) is 3.35. The number of carboxylic acid groups (broad SMARTS) is 1. The molecular weight excluding hydrogens is 414 g/mol. The number of hydrogen-bond donors (Lipinski definition) is 1. The zero-order valence-corrected chi connectivity index (χ0v) is 13.9. The highest BCUT2D eigenvalue weighted by molar-refractivity contribution is 14.1. The van der Waals surface area contributed by atoms with Gasteiger partial charge in [0.25, 0.3) is 0 Å². The fraction of sp³-hybridized carbons (Fsp3) is 0.462. The van der Waals surface area contributed by atoms with Crippen LogP contribution < -0.4 is 4.74 Å². The Morgan fingerprint density at radius 1 is 1.52 bits per heavy atom. The molecule has 0 saturated carbocycles. The topological polar surface area (TPSA) is 53.0 Å². The second-order valence-electron chi connectivity index (χ2n) is 5.14. The number of amides is 1. The standard InChI is InChI=1S/C13H13ClFIN2O3/c14-9-3-7-4-17-1-2-18(13(19)20)5-8(17)6-21-12(7)10(15)11(9)16/h3,8H,1-2,4-6H2,(H,19,20)/t8-/m0/s1. The van der Waals surface area contributed by atoms with Gasteiger partial charge in [-0.1, -0.05) is 11.6 Å². The minimum Gasteiger partial charge on any atom is -0.488 e. The van der Waals surface area contributed by atoms with E-state index < -0.39 is 11.9 Å². The van der Waals surface area contributed by atoms with E-state index in [0.29, 0.717) is 40.3 Å². The molecule has 0 aliphatic carbocycles. The molecule has 2 aliphatic heterocycles. The smallest absolute Gasteiger partial charge is 0.407 e. The van der Waals surface area contributed by atoms with Crippen LogP contribution in [0.2, 0.25) is 5.02 Å². The third-order valence-electron chi connectivity index (χ3n) is 3.86. The average Bonchev–Trinajstić information content (AvgIpc) is 2.63. The van der Waals surface area contributed by atoms with Gasteiger partial charge in [-0.15, -0.1) is 0 Å². The summed E-state index contributed by atoms with van der Waals surface area (Å²) in [5, 5.41) is 9.45. The Morgan fingerprint density at radius 2 is 2.29 bits per heavy atom. The third kappa shape index (κ3) is 2.78. The van der Waals surface area contributed by atoms with Crippen LogP contribution in [0.1, 0.15) is 5.56 Å². The van der Waals surface area contributed by atoms with Crippen LogP contribution in [0.3, 0.4) is 0 Å². The SMILES string of the molecule is O=C(O)N1CCN2Cc3cc(Cl)c(I)c(F)c3OC[C@@H]2C1. The molecule has 0 spiro atoms. The van der Waals surface area contributed by atoms with Crippen LogP contribution in [-0.4, -0.2) is 53.3 Å². The average molecular weight is 427 g/mol. The first kappa shape index (κ1) is 15.1. The Labute approximate surface area is 139 Å². The van der Waals surface area contributed by atoms with Crippen molar-refractivity contribution in [2.24, 2.45) is 0 Å². The van der Waals surface area contributed by atoms with Crippen LogP contribution in [0.4, 0.5) is 9.18 Å². The highest BCUT2D eigenvalue weighted by Crippen LogP contribution is 2.35. The summed E-state index contributed by atoms with van der Waals surface area (Å²) in [6.45, 7) is 2.20. The lowest BCUT2D eigenvalue weighted by molar-refractivity contribution is 0.0499. The molecule has 1 atom stereocenters. The van der Waals surface area contributed by atoms with E-state index in [-0.39, 0.29) is 18.4 Å². The second kappa shape index (κ2) is 5.77. The maximum atomic E-state index is 14.3. The van der Waals surface area contributed by atoms with Crippen LogP contribution in [-0.2, 0) is 6.54 Å². The summed E-state index contributed by atoms with van der Waals surface area (Å²) < 4.78 is 20.2. The predicted octanol–water partition coefficient (Wildman–Crippen LogP) is 2.64. The lowest BCUT2D eigenvalue weighted by Crippen LogP contribution is -2.55. The van der Waals surface area contributed by atoms with Crippen molar-refractivity contribution in [3.63, 3.8) is 0 Å². The van der Waals surface area contributed by atoms with Gasteiger partial charge < -0.3 is 14.7 Å². The molecule has 0 aromatic heterocycles. The summed E-state index contributed by atoms with van der Waals surface area (Å²) >= 11 is 7.89. The molecule has 1 amide bonds. The normalized spacial score (nSPS) is 22.0. The number of carbonyl (C=O) groups is 1. The molecule has 0 radical (unpaired) electrons. The van der Waals surface area contributed by atoms with Gasteiger partial charge in [0.2, 0.25) is 0 Å². The highest BCUT2D eigenvalue weighted by Gasteiger charge is 2.33. The van der Waals surface area contributed by atoms with Crippen LogP contribution >= 0.6 is 34.2 Å². The largest absolute Gasteiger partial charge is 0.488 e. The Balaban J connectivity index is 1.88. The van der Waals surface area contributed by atoms with E-state index in [9.17, 15) is 9.18 Å². The van der Waals surface area contributed by atoms with Crippen molar-refractivity contribution in [1.29, 1.82) is 0 Å². The maximum absolute atomic E-state index is 14.3. The van der Waals surface area contributed by atoms with Gasteiger partial charge in [0.15, 0.2) is 11.6 Å². The molecule has 2 aliphatic rings. The van der Waals surface area contributed by atoms with Crippen LogP contribution in [0.5, 0.6) is 5.75 Å². The molecule has 0 bridgehead atoms. The molecule has 5 nitrogen and oxygen atoms in total. The van der Waals surface area contributed by atoms with Crippen LogP contribution in [0.25, 0.3) is 0 Å². The zero-order chi connectivity index (χ0) is 15.1. The minimum absolute atomic E-state index is 0.0712. The van der Waals surface area contributed by atoms with Gasteiger partial charge in [-0.2, -0.15) is 0 Å². The molecule has 3 rings (SSSR count). The van der Waals surface area contributed by atoms with Crippen molar-refractivity contribution >= 4 is 40.3 Å². The van der Waals surface area contributed by atoms with E-state index >= 15 is 0 Å². The van der Waals surface area contributed by atoms with Crippen molar-refractivity contribution in [3.05, 3.63) is 26.0 Å². The molecule has 1 aromatic rings. The van der Waals surface area contributed by atoms with E-state index in [2.05, 4.69) is 4.90 Å². The predicted molar refractivity (Wildman–Crippen MR) is 83.4 cm³/mol. The maximum Gasteiger partial charge on any atom is 0.407 e. The summed E-state index contributed by atoms with van der Waals surface area (Å²) in [5.74, 6) is -0.201. The number of halogens is 3. The Bertz CT molecular complexity index is 601. The quantitative estimate of drug-likeness (QED) is 0.512. The fourth-order valence-electron chi connectivity index (χ4n) is 2.73. The first-order valence-corrected chi connectivity index (χ1v) is 7.94. The number of benzene rings is 1. The van der Waals surface area contributed by atoms with Gasteiger partial charge in [-0.25, -0.2) is 9.18 Å². The molecule has 1 saturated heterocycles. The number of rotatable bonds is 0. The van der Waals surface area contributed by atoms with Crippen molar-refractivity contribution < 1.29 is 19.0 Å². The minimum atomic E-state index is -0.930. The van der Waals surface area contributed by atoms with E-state index in [4.69, 9.17) is 21.4 Å². The lowest BCUT2D eigenvalue weighted by Gasteiger charge is -2.38. The van der Waals surface area contributed by atoms with E-state index in [1.165, 1.54) is 4.90 Å². The number of ether oxygens (including phenoxy) is 1. The molecule has 1 aromatic carbocycles. The van der Waals surface area contributed by atoms with Gasteiger partial charge in [0.1, 0.15) is 6.61 Å². The van der Waals surface area contributed by atoms with Gasteiger partial charge in [0, 0.05) is 31.7 Å². The number of nitrogens with zero attached hydrogens (tertiary/aromatic N) is 2. The summed E-state index contributed by atoms with van der Waals surface area (Å²) in [4.78, 5) is 14.6. The summed E-state index contributed by atoms with van der Waals surface area (Å²) in [7, 11) is 0. The van der Waals surface area contributed by atoms with E-state index in [0.717, 1.165) is 0 Å². The zero-order valence-electron chi connectivity index (χ0n) is 11.0. The van der Waals surface area contributed by atoms with Crippen molar-refractivity contribution in [2.75, 3.05) is 26.2 Å². The molecule has 1 N–H and O–H groups in total. The number of piperazine rings is 1. The van der Waals surface area contributed by atoms with Gasteiger partial charge in [-0.05, 0) is 28.7 Å². The van der Waals surface area contributed by atoms with Gasteiger partial charge in [0.05, 0.1) is 14.6 Å². The monoisotopic (exact) mass is 426 g/mol. The van der Waals surface area contributed by atoms with Crippen molar-refractivity contribution in [3.8, 4) is 5.75 Å². The molecular formula is C13H13ClFIN2O3. The first-order chi connectivity index (χ1) is 9.97. The molecule has 21 heavy (non-hydrogen) atoms. The van der Waals surface area contributed by atoms with E-state index in [1.807, 2.05) is 22.6 Å². The molecule has 114 valence electrons. The van der Waals surface area contributed by atoms with Crippen LogP contribution in [0, 0.1) is 9.39 Å². The molecule has 2 heterocycles. The van der Waals surface area contributed by atoms with Crippen molar-refractivity contribution in [1.82, 2.24) is 9.80 Å². The Morgan fingerprint density at radius 3 is 3.00 bits per heavy atom. The van der Waals surface area contributed by atoms with E-state index in [1.54, 1.807) is 6.07 Å². The Kier molecular flexibility index (Phi) is 4.15. The Hall–Kier alpha value is -0.800. The first-order valence-electron chi connectivity index (χ1n) is 6.48. The molecule has 8 heteroatoms. The number of hydrogen-bond acceptors (Lipinski definition) is 3. The van der Waals surface area contributed by atoms with Crippen molar-refractivity contribution in [2.45, 2.75) is 12.6 Å². The third-order valence-corrected chi connectivity index (χ3v) is 5.53. The van der Waals surface area contributed by atoms with Crippen LogP contribution in [0.15, 0.2) is 6.07 Å². The summed E-state index contributed by atoms with van der Waals surface area (Å²) in [6, 6.07) is 1.66. The highest BCUT2D eigenvalue weighted by atomic mass is 127. The molecule has 0 unspecified atom stereocenters. The van der Waals surface area contributed by atoms with Gasteiger partial charge >= 0.3 is 6.09 Å². The molecule has 1 fully saturated rings. The number of fused-ring (bicyclic) bond motifs is 2. The summed E-state index contributed by atoms with van der Waals surface area (Å²) in [5.41, 5.74) is 0.712. The van der Waals surface area contributed by atoms with Gasteiger partial charge in [-0.3, -0.25) is 4.90 Å². The summed E-state index contributed by atoms with van der Waals surface area (Å²) in [6.07, 6.45) is -0.930.